The van der Waals surface area contributed by atoms with Gasteiger partial charge in [-0.15, -0.1) is 0 Å². The Morgan fingerprint density at radius 2 is 1.95 bits per heavy atom. The maximum absolute atomic E-state index is 12.5. The molecule has 0 aliphatic carbocycles. The molecule has 0 fully saturated rings. The van der Waals surface area contributed by atoms with Crippen LogP contribution in [0.2, 0.25) is 0 Å². The third-order valence-corrected chi connectivity index (χ3v) is 4.17. The molecule has 1 atom stereocenters. The van der Waals surface area contributed by atoms with Crippen molar-refractivity contribution in [3.63, 3.8) is 0 Å². The Morgan fingerprint density at radius 1 is 1.14 bits per heavy atom. The van der Waals surface area contributed by atoms with Crippen molar-refractivity contribution in [1.82, 2.24) is 4.98 Å². The Bertz CT molecular complexity index is 900. The molecule has 1 amide bonds. The maximum Gasteiger partial charge on any atom is 0.265 e. The van der Waals surface area contributed by atoms with Crippen molar-refractivity contribution >= 4 is 22.5 Å². The van der Waals surface area contributed by atoms with Crippen molar-refractivity contribution < 1.29 is 14.6 Å². The Labute approximate surface area is 126 Å². The minimum absolute atomic E-state index is 0.458. The van der Waals surface area contributed by atoms with E-state index in [2.05, 4.69) is 10.3 Å². The lowest BCUT2D eigenvalue weighted by Gasteiger charge is -2.20. The number of hydrogen-bond acceptors (Lipinski definition) is 3. The molecule has 4 rings (SSSR count). The van der Waals surface area contributed by atoms with E-state index >= 15 is 0 Å². The number of aliphatic hydroxyl groups is 1. The zero-order chi connectivity index (χ0) is 15.3. The number of para-hydroxylation sites is 1. The Balaban J connectivity index is 2.00. The second-order valence-electron chi connectivity index (χ2n) is 5.32. The Hall–Kier alpha value is -2.79. The maximum atomic E-state index is 12.5. The van der Waals surface area contributed by atoms with Crippen LogP contribution >= 0.6 is 0 Å². The first-order valence-corrected chi connectivity index (χ1v) is 6.93. The van der Waals surface area contributed by atoms with E-state index in [-0.39, 0.29) is 0 Å². The van der Waals surface area contributed by atoms with E-state index < -0.39 is 11.5 Å². The van der Waals surface area contributed by atoms with Crippen LogP contribution in [-0.4, -0.2) is 23.1 Å². The van der Waals surface area contributed by atoms with Crippen LogP contribution in [0, 0.1) is 0 Å². The minimum Gasteiger partial charge on any atom is -0.497 e. The van der Waals surface area contributed by atoms with Crippen molar-refractivity contribution in [2.24, 2.45) is 0 Å². The molecule has 3 aromatic rings. The first-order valence-electron chi connectivity index (χ1n) is 6.93. The first-order chi connectivity index (χ1) is 10.6. The number of rotatable bonds is 2. The molecule has 0 saturated heterocycles. The fourth-order valence-corrected chi connectivity index (χ4v) is 3.03. The summed E-state index contributed by atoms with van der Waals surface area (Å²) in [5.41, 5.74) is 0.770. The molecule has 0 bridgehead atoms. The highest BCUT2D eigenvalue weighted by Crippen LogP contribution is 2.44. The van der Waals surface area contributed by atoms with Gasteiger partial charge in [0.25, 0.3) is 5.91 Å². The fraction of sp³-hybridized carbons (Fsp3) is 0.118. The molecule has 2 aromatic carbocycles. The average Bonchev–Trinajstić information content (AvgIpc) is 3.08. The number of carbonyl (C=O) groups is 1. The van der Waals surface area contributed by atoms with Crippen LogP contribution in [0.1, 0.15) is 11.1 Å². The van der Waals surface area contributed by atoms with E-state index in [9.17, 15) is 9.90 Å². The van der Waals surface area contributed by atoms with Crippen molar-refractivity contribution in [2.45, 2.75) is 5.60 Å². The van der Waals surface area contributed by atoms with Gasteiger partial charge < -0.3 is 20.1 Å². The number of nitrogens with one attached hydrogen (secondary N) is 2. The predicted octanol–water partition coefficient (Wildman–Crippen LogP) is 2.36. The van der Waals surface area contributed by atoms with Gasteiger partial charge in [0.05, 0.1) is 7.11 Å². The average molecular weight is 294 g/mol. The molecule has 110 valence electrons. The van der Waals surface area contributed by atoms with E-state index in [0.717, 1.165) is 10.9 Å². The topological polar surface area (TPSA) is 74.3 Å². The van der Waals surface area contributed by atoms with Crippen molar-refractivity contribution in [1.29, 1.82) is 0 Å². The molecule has 1 aromatic heterocycles. The van der Waals surface area contributed by atoms with Crippen LogP contribution in [-0.2, 0) is 10.4 Å². The number of benzene rings is 2. The van der Waals surface area contributed by atoms with Crippen LogP contribution in [0.15, 0.2) is 48.7 Å². The van der Waals surface area contributed by atoms with Crippen molar-refractivity contribution in [2.75, 3.05) is 12.4 Å². The summed E-state index contributed by atoms with van der Waals surface area (Å²) in [6.07, 6.45) is 1.68. The zero-order valence-electron chi connectivity index (χ0n) is 11.9. The van der Waals surface area contributed by atoms with Gasteiger partial charge in [0.1, 0.15) is 5.75 Å². The quantitative estimate of drug-likeness (QED) is 0.679. The summed E-state index contributed by atoms with van der Waals surface area (Å²) in [6, 6.07) is 12.7. The van der Waals surface area contributed by atoms with Crippen LogP contribution in [0.4, 0.5) is 5.69 Å². The number of amides is 1. The van der Waals surface area contributed by atoms with E-state index in [1.165, 1.54) is 0 Å². The lowest BCUT2D eigenvalue weighted by Crippen LogP contribution is -2.35. The van der Waals surface area contributed by atoms with Crippen LogP contribution < -0.4 is 10.1 Å². The number of hydrogen-bond donors (Lipinski definition) is 3. The second-order valence-corrected chi connectivity index (χ2v) is 5.32. The summed E-state index contributed by atoms with van der Waals surface area (Å²) in [6.45, 7) is 0. The molecule has 0 radical (unpaired) electrons. The summed E-state index contributed by atoms with van der Waals surface area (Å²) in [7, 11) is 1.55. The van der Waals surface area contributed by atoms with Gasteiger partial charge in [-0.2, -0.15) is 0 Å². The van der Waals surface area contributed by atoms with Gasteiger partial charge in [-0.25, -0.2) is 0 Å². The van der Waals surface area contributed by atoms with Crippen LogP contribution in [0.5, 0.6) is 5.75 Å². The van der Waals surface area contributed by atoms with Gasteiger partial charge in [-0.1, -0.05) is 18.2 Å². The lowest BCUT2D eigenvalue weighted by molar-refractivity contribution is -0.129. The minimum atomic E-state index is -1.73. The third kappa shape index (κ3) is 1.54. The van der Waals surface area contributed by atoms with Gasteiger partial charge in [0.15, 0.2) is 5.60 Å². The molecule has 22 heavy (non-hydrogen) atoms. The second kappa shape index (κ2) is 4.35. The first kappa shape index (κ1) is 12.9. The highest BCUT2D eigenvalue weighted by Gasteiger charge is 2.48. The molecular weight excluding hydrogens is 280 g/mol. The summed E-state index contributed by atoms with van der Waals surface area (Å²) >= 11 is 0. The Kier molecular flexibility index (Phi) is 2.55. The zero-order valence-corrected chi connectivity index (χ0v) is 11.9. The number of carbonyl (C=O) groups excluding carboxylic acids is 1. The molecule has 1 aliphatic heterocycles. The largest absolute Gasteiger partial charge is 0.497 e. The molecule has 5 nitrogen and oxygen atoms in total. The van der Waals surface area contributed by atoms with E-state index in [4.69, 9.17) is 4.74 Å². The van der Waals surface area contributed by atoms with Crippen LogP contribution in [0.3, 0.4) is 0 Å². The summed E-state index contributed by atoms with van der Waals surface area (Å²) < 4.78 is 5.21. The number of ether oxygens (including phenoxy) is 1. The smallest absolute Gasteiger partial charge is 0.265 e. The van der Waals surface area contributed by atoms with E-state index in [1.807, 2.05) is 24.3 Å². The van der Waals surface area contributed by atoms with E-state index in [1.54, 1.807) is 31.5 Å². The molecular formula is C17H14N2O3. The molecule has 1 unspecified atom stereocenters. The van der Waals surface area contributed by atoms with Crippen molar-refractivity contribution in [3.05, 3.63) is 59.8 Å². The summed E-state index contributed by atoms with van der Waals surface area (Å²) in [5.74, 6) is 0.133. The molecule has 0 spiro atoms. The molecule has 3 N–H and O–H groups in total. The van der Waals surface area contributed by atoms with Gasteiger partial charge >= 0.3 is 0 Å². The standard InChI is InChI=1S/C17H14N2O3/c1-22-10-6-7-15-12(8-10)17(21,16(20)19-15)13-9-18-14-5-3-2-4-11(13)14/h2-9,18,21H,1H3,(H,19,20). The highest BCUT2D eigenvalue weighted by molar-refractivity contribution is 6.09. The normalized spacial score (nSPS) is 20.0. The van der Waals surface area contributed by atoms with E-state index in [0.29, 0.717) is 22.6 Å². The monoisotopic (exact) mass is 294 g/mol. The van der Waals surface area contributed by atoms with Gasteiger partial charge in [-0.05, 0) is 24.3 Å². The number of H-pyrrole nitrogens is 1. The van der Waals surface area contributed by atoms with Crippen LogP contribution in [0.25, 0.3) is 10.9 Å². The molecule has 2 heterocycles. The van der Waals surface area contributed by atoms with Gasteiger partial charge in [-0.3, -0.25) is 4.79 Å². The summed E-state index contributed by atoms with van der Waals surface area (Å²) in [4.78, 5) is 15.6. The number of fused-ring (bicyclic) bond motifs is 2. The highest BCUT2D eigenvalue weighted by atomic mass is 16.5. The Morgan fingerprint density at radius 3 is 2.77 bits per heavy atom. The fourth-order valence-electron chi connectivity index (χ4n) is 3.03. The number of aromatic nitrogens is 1. The lowest BCUT2D eigenvalue weighted by atomic mass is 9.87. The molecule has 1 aliphatic rings. The number of methoxy groups -OCH3 is 1. The summed E-state index contributed by atoms with van der Waals surface area (Å²) in [5, 5.41) is 14.8. The molecule has 0 saturated carbocycles. The van der Waals surface area contributed by atoms with Gasteiger partial charge in [0, 0.05) is 33.9 Å². The van der Waals surface area contributed by atoms with Crippen molar-refractivity contribution in [3.8, 4) is 5.75 Å². The third-order valence-electron chi connectivity index (χ3n) is 4.17. The predicted molar refractivity (Wildman–Crippen MR) is 82.9 cm³/mol. The van der Waals surface area contributed by atoms with Gasteiger partial charge in [0.2, 0.25) is 0 Å². The number of aromatic amines is 1. The molecule has 5 heteroatoms. The number of anilines is 1. The SMILES string of the molecule is COc1ccc2c(c1)C(O)(c1c[nH]c3ccccc13)C(=O)N2.